The summed E-state index contributed by atoms with van der Waals surface area (Å²) >= 11 is 9.38. The molecule has 6 heteroatoms. The first-order chi connectivity index (χ1) is 9.95. The number of nitrogens with one attached hydrogen (secondary N) is 1. The van der Waals surface area contributed by atoms with Crippen LogP contribution in [0.2, 0.25) is 5.15 Å². The van der Waals surface area contributed by atoms with Gasteiger partial charge in [-0.1, -0.05) is 53.0 Å². The number of hydrogen-bond donors (Lipinski definition) is 1. The maximum absolute atomic E-state index is 12.5. The molecule has 4 nitrogen and oxygen atoms in total. The Hall–Kier alpha value is -1.33. The number of benzene rings is 1. The van der Waals surface area contributed by atoms with Gasteiger partial charge in [0.05, 0.1) is 11.6 Å². The third-order valence-electron chi connectivity index (χ3n) is 3.40. The highest BCUT2D eigenvalue weighted by atomic mass is 79.9. The zero-order valence-electron chi connectivity index (χ0n) is 11.8. The van der Waals surface area contributed by atoms with Gasteiger partial charge in [-0.2, -0.15) is 0 Å². The molecular formula is C15H16BrClN2O2. The van der Waals surface area contributed by atoms with Gasteiger partial charge in [0, 0.05) is 4.47 Å². The molecule has 0 saturated carbocycles. The molecule has 1 unspecified atom stereocenters. The van der Waals surface area contributed by atoms with Crippen molar-refractivity contribution in [2.24, 2.45) is 0 Å². The zero-order valence-corrected chi connectivity index (χ0v) is 14.2. The summed E-state index contributed by atoms with van der Waals surface area (Å²) in [5.74, 6) is 0. The Kier molecular flexibility index (Phi) is 5.06. The lowest BCUT2D eigenvalue weighted by Crippen LogP contribution is -2.39. The Balaban J connectivity index is 2.61. The minimum absolute atomic E-state index is 0.143. The molecule has 2 aromatic rings. The largest absolute Gasteiger partial charge is 0.330 e. The number of hydrogen-bond acceptors (Lipinski definition) is 2. The minimum Gasteiger partial charge on any atom is -0.297 e. The number of rotatable bonds is 4. The van der Waals surface area contributed by atoms with Gasteiger partial charge in [0.2, 0.25) is 0 Å². The van der Waals surface area contributed by atoms with Crippen molar-refractivity contribution in [1.82, 2.24) is 9.55 Å². The van der Waals surface area contributed by atoms with Crippen molar-refractivity contribution in [3.05, 3.63) is 65.9 Å². The molecule has 1 N–H and O–H groups in total. The number of halogens is 2. The Morgan fingerprint density at radius 2 is 2.10 bits per heavy atom. The fourth-order valence-corrected chi connectivity index (χ4v) is 2.97. The number of aromatic nitrogens is 2. The second-order valence-electron chi connectivity index (χ2n) is 4.88. The molecule has 0 radical (unpaired) electrons. The first kappa shape index (κ1) is 16.0. The predicted octanol–water partition coefficient (Wildman–Crippen LogP) is 3.51. The van der Waals surface area contributed by atoms with Crippen LogP contribution in [0.3, 0.4) is 0 Å². The van der Waals surface area contributed by atoms with Gasteiger partial charge < -0.3 is 0 Å². The molecule has 1 aromatic carbocycles. The predicted molar refractivity (Wildman–Crippen MR) is 88.3 cm³/mol. The summed E-state index contributed by atoms with van der Waals surface area (Å²) in [5.41, 5.74) is 0.526. The molecule has 21 heavy (non-hydrogen) atoms. The van der Waals surface area contributed by atoms with E-state index in [1.54, 1.807) is 0 Å². The molecule has 0 amide bonds. The standard InChI is InChI=1S/C15H16BrClN2O2/c1-3-5-12-13(17)18-15(21)19(14(12)20)9(2)10-6-4-7-11(16)8-10/h4,6-9H,3,5H2,1-2H3,(H,18,21). The van der Waals surface area contributed by atoms with E-state index in [9.17, 15) is 9.59 Å². The van der Waals surface area contributed by atoms with Crippen LogP contribution in [0.1, 0.15) is 37.4 Å². The van der Waals surface area contributed by atoms with E-state index in [4.69, 9.17) is 11.6 Å². The van der Waals surface area contributed by atoms with Gasteiger partial charge >= 0.3 is 5.69 Å². The molecule has 2 rings (SSSR count). The van der Waals surface area contributed by atoms with E-state index in [0.29, 0.717) is 12.0 Å². The molecule has 0 bridgehead atoms. The molecule has 0 aliphatic rings. The second kappa shape index (κ2) is 6.62. The van der Waals surface area contributed by atoms with Gasteiger partial charge in [0.25, 0.3) is 5.56 Å². The average Bonchev–Trinajstić information content (AvgIpc) is 2.43. The van der Waals surface area contributed by atoms with Crippen molar-refractivity contribution in [1.29, 1.82) is 0 Å². The maximum atomic E-state index is 12.5. The maximum Gasteiger partial charge on any atom is 0.330 e. The molecule has 0 fully saturated rings. The number of nitrogens with zero attached hydrogens (tertiary/aromatic N) is 1. The van der Waals surface area contributed by atoms with Crippen LogP contribution >= 0.6 is 27.5 Å². The van der Waals surface area contributed by atoms with E-state index in [1.165, 1.54) is 4.57 Å². The molecule has 0 aliphatic heterocycles. The Morgan fingerprint density at radius 1 is 1.38 bits per heavy atom. The summed E-state index contributed by atoms with van der Waals surface area (Å²) < 4.78 is 2.12. The normalized spacial score (nSPS) is 12.4. The van der Waals surface area contributed by atoms with Crippen molar-refractivity contribution in [2.75, 3.05) is 0 Å². The smallest absolute Gasteiger partial charge is 0.297 e. The van der Waals surface area contributed by atoms with Crippen molar-refractivity contribution < 1.29 is 0 Å². The summed E-state index contributed by atoms with van der Waals surface area (Å²) in [6.45, 7) is 3.78. The van der Waals surface area contributed by atoms with Crippen molar-refractivity contribution in [3.8, 4) is 0 Å². The second-order valence-corrected chi connectivity index (χ2v) is 6.17. The SMILES string of the molecule is CCCc1c(Cl)[nH]c(=O)n(C(C)c2cccc(Br)c2)c1=O. The number of H-pyrrole nitrogens is 1. The third-order valence-corrected chi connectivity index (χ3v) is 4.21. The van der Waals surface area contributed by atoms with Gasteiger partial charge in [-0.25, -0.2) is 4.79 Å². The van der Waals surface area contributed by atoms with Crippen molar-refractivity contribution >= 4 is 27.5 Å². The fraction of sp³-hybridized carbons (Fsp3) is 0.333. The zero-order chi connectivity index (χ0) is 15.6. The van der Waals surface area contributed by atoms with E-state index >= 15 is 0 Å². The van der Waals surface area contributed by atoms with Gasteiger partial charge in [0.1, 0.15) is 5.15 Å². The topological polar surface area (TPSA) is 54.9 Å². The first-order valence-electron chi connectivity index (χ1n) is 6.74. The van der Waals surface area contributed by atoms with Crippen molar-refractivity contribution in [2.45, 2.75) is 32.7 Å². The van der Waals surface area contributed by atoms with Crippen LogP contribution in [0.15, 0.2) is 38.3 Å². The van der Waals surface area contributed by atoms with Crippen LogP contribution in [-0.2, 0) is 6.42 Å². The van der Waals surface area contributed by atoms with E-state index in [-0.39, 0.29) is 16.8 Å². The van der Waals surface area contributed by atoms with Gasteiger partial charge in [-0.05, 0) is 31.0 Å². The lowest BCUT2D eigenvalue weighted by Gasteiger charge is -2.16. The molecule has 112 valence electrons. The lowest BCUT2D eigenvalue weighted by atomic mass is 10.1. The highest BCUT2D eigenvalue weighted by Crippen LogP contribution is 2.20. The van der Waals surface area contributed by atoms with E-state index in [0.717, 1.165) is 16.5 Å². The fourth-order valence-electron chi connectivity index (χ4n) is 2.30. The molecule has 1 atom stereocenters. The first-order valence-corrected chi connectivity index (χ1v) is 7.91. The van der Waals surface area contributed by atoms with Crippen molar-refractivity contribution in [3.63, 3.8) is 0 Å². The molecule has 1 aromatic heterocycles. The Bertz CT molecular complexity index is 767. The summed E-state index contributed by atoms with van der Waals surface area (Å²) in [6.07, 6.45) is 1.33. The summed E-state index contributed by atoms with van der Waals surface area (Å²) in [7, 11) is 0. The number of aromatic amines is 1. The van der Waals surface area contributed by atoms with E-state index < -0.39 is 5.69 Å². The van der Waals surface area contributed by atoms with Crippen LogP contribution in [0.5, 0.6) is 0 Å². The van der Waals surface area contributed by atoms with Crippen LogP contribution < -0.4 is 11.2 Å². The Morgan fingerprint density at radius 3 is 2.71 bits per heavy atom. The molecular weight excluding hydrogens is 356 g/mol. The van der Waals surface area contributed by atoms with Gasteiger partial charge in [0.15, 0.2) is 0 Å². The van der Waals surface area contributed by atoms with E-state index in [2.05, 4.69) is 20.9 Å². The van der Waals surface area contributed by atoms with Crippen LogP contribution in [-0.4, -0.2) is 9.55 Å². The van der Waals surface area contributed by atoms with E-state index in [1.807, 2.05) is 38.1 Å². The quantitative estimate of drug-likeness (QED) is 0.836. The minimum atomic E-state index is -0.489. The van der Waals surface area contributed by atoms with Crippen LogP contribution in [0, 0.1) is 0 Å². The summed E-state index contributed by atoms with van der Waals surface area (Å²) in [4.78, 5) is 27.2. The molecule has 0 saturated heterocycles. The molecule has 0 aliphatic carbocycles. The molecule has 1 heterocycles. The summed E-state index contributed by atoms with van der Waals surface area (Å²) in [6, 6.07) is 7.18. The highest BCUT2D eigenvalue weighted by molar-refractivity contribution is 9.10. The van der Waals surface area contributed by atoms with Crippen LogP contribution in [0.4, 0.5) is 0 Å². The molecule has 0 spiro atoms. The third kappa shape index (κ3) is 3.30. The highest BCUT2D eigenvalue weighted by Gasteiger charge is 2.17. The monoisotopic (exact) mass is 370 g/mol. The average molecular weight is 372 g/mol. The van der Waals surface area contributed by atoms with Gasteiger partial charge in [-0.15, -0.1) is 0 Å². The Labute approximate surface area is 135 Å². The van der Waals surface area contributed by atoms with Gasteiger partial charge in [-0.3, -0.25) is 14.3 Å². The summed E-state index contributed by atoms with van der Waals surface area (Å²) in [5, 5.41) is 0.143. The lowest BCUT2D eigenvalue weighted by molar-refractivity contribution is 0.570. The van der Waals surface area contributed by atoms with Crippen LogP contribution in [0.25, 0.3) is 0 Å².